The van der Waals surface area contributed by atoms with E-state index >= 15 is 0 Å². The van der Waals surface area contributed by atoms with E-state index in [-0.39, 0.29) is 17.8 Å². The summed E-state index contributed by atoms with van der Waals surface area (Å²) in [5.41, 5.74) is 0.513. The molecule has 1 N–H and O–H groups in total. The second kappa shape index (κ2) is 5.93. The van der Waals surface area contributed by atoms with Crippen LogP contribution in [0.5, 0.6) is 0 Å². The molecule has 0 unspecified atom stereocenters. The van der Waals surface area contributed by atoms with Gasteiger partial charge < -0.3 is 15.0 Å². The minimum absolute atomic E-state index is 0.0159. The number of hydrogen-bond donors (Lipinski definition) is 1. The fraction of sp³-hybridized carbons (Fsp3) is 0.462. The minimum atomic E-state index is -0.374. The second-order valence-electron chi connectivity index (χ2n) is 4.25. The fourth-order valence-corrected chi connectivity index (χ4v) is 2.06. The molecule has 0 bridgehead atoms. The highest BCUT2D eigenvalue weighted by Crippen LogP contribution is 2.24. The zero-order valence-corrected chi connectivity index (χ0v) is 10.4. The summed E-state index contributed by atoms with van der Waals surface area (Å²) < 4.78 is 19.2. The van der Waals surface area contributed by atoms with Crippen molar-refractivity contribution >= 4 is 5.91 Å². The standard InChI is InChI=1S/C13H17FN2O2/c1-15-8-13(17)16-6-7-18-12(9-16)10-4-2-3-5-11(10)14/h2-5,12,15H,6-9H2,1H3/t12-/m0/s1. The third-order valence-electron chi connectivity index (χ3n) is 3.00. The number of halogens is 1. The van der Waals surface area contributed by atoms with Crippen molar-refractivity contribution in [3.63, 3.8) is 0 Å². The Hall–Kier alpha value is -1.46. The van der Waals surface area contributed by atoms with Gasteiger partial charge in [-0.05, 0) is 13.1 Å². The van der Waals surface area contributed by atoms with E-state index < -0.39 is 0 Å². The summed E-state index contributed by atoms with van der Waals surface area (Å²) in [5, 5.41) is 2.82. The number of hydrogen-bond acceptors (Lipinski definition) is 3. The molecule has 1 atom stereocenters. The van der Waals surface area contributed by atoms with Crippen LogP contribution in [0.25, 0.3) is 0 Å². The Bertz CT molecular complexity index is 425. The van der Waals surface area contributed by atoms with Crippen LogP contribution in [0.15, 0.2) is 24.3 Å². The Morgan fingerprint density at radius 2 is 2.33 bits per heavy atom. The number of carbonyl (C=O) groups is 1. The van der Waals surface area contributed by atoms with Gasteiger partial charge in [0.05, 0.1) is 19.7 Å². The Labute approximate surface area is 106 Å². The molecule has 0 spiro atoms. The summed E-state index contributed by atoms with van der Waals surface area (Å²) in [4.78, 5) is 13.5. The normalized spacial score (nSPS) is 19.9. The highest BCUT2D eigenvalue weighted by Gasteiger charge is 2.26. The number of nitrogens with one attached hydrogen (secondary N) is 1. The molecule has 98 valence electrons. The average molecular weight is 252 g/mol. The van der Waals surface area contributed by atoms with E-state index in [4.69, 9.17) is 4.74 Å². The molecular weight excluding hydrogens is 235 g/mol. The van der Waals surface area contributed by atoms with Crippen LogP contribution in [0.1, 0.15) is 11.7 Å². The number of carbonyl (C=O) groups excluding carboxylic acids is 1. The Morgan fingerprint density at radius 3 is 3.06 bits per heavy atom. The van der Waals surface area contributed by atoms with Crippen molar-refractivity contribution in [2.45, 2.75) is 6.10 Å². The Kier molecular flexibility index (Phi) is 4.28. The van der Waals surface area contributed by atoms with Crippen molar-refractivity contribution in [3.05, 3.63) is 35.6 Å². The van der Waals surface area contributed by atoms with Crippen LogP contribution < -0.4 is 5.32 Å². The molecule has 0 aliphatic carbocycles. The molecule has 1 amide bonds. The second-order valence-corrected chi connectivity index (χ2v) is 4.25. The Morgan fingerprint density at radius 1 is 1.56 bits per heavy atom. The van der Waals surface area contributed by atoms with E-state index in [9.17, 15) is 9.18 Å². The highest BCUT2D eigenvalue weighted by molar-refractivity contribution is 5.78. The molecule has 1 heterocycles. The summed E-state index contributed by atoms with van der Waals surface area (Å²) in [6.45, 7) is 1.70. The highest BCUT2D eigenvalue weighted by atomic mass is 19.1. The lowest BCUT2D eigenvalue weighted by molar-refractivity contribution is -0.138. The molecule has 1 aliphatic rings. The summed E-state index contributed by atoms with van der Waals surface area (Å²) in [6, 6.07) is 6.53. The molecule has 0 radical (unpaired) electrons. The lowest BCUT2D eigenvalue weighted by Crippen LogP contribution is -2.45. The molecule has 1 saturated heterocycles. The number of morpholine rings is 1. The largest absolute Gasteiger partial charge is 0.370 e. The quantitative estimate of drug-likeness (QED) is 0.870. The van der Waals surface area contributed by atoms with Crippen LogP contribution in [-0.4, -0.2) is 44.1 Å². The summed E-state index contributed by atoms with van der Waals surface area (Å²) in [5.74, 6) is -0.271. The van der Waals surface area contributed by atoms with Gasteiger partial charge in [0.2, 0.25) is 5.91 Å². The van der Waals surface area contributed by atoms with E-state index in [0.717, 1.165) is 0 Å². The third kappa shape index (κ3) is 2.86. The maximum Gasteiger partial charge on any atom is 0.236 e. The van der Waals surface area contributed by atoms with E-state index in [2.05, 4.69) is 5.32 Å². The average Bonchev–Trinajstić information content (AvgIpc) is 2.40. The zero-order chi connectivity index (χ0) is 13.0. The van der Waals surface area contributed by atoms with Gasteiger partial charge in [-0.1, -0.05) is 18.2 Å². The zero-order valence-electron chi connectivity index (χ0n) is 10.4. The van der Waals surface area contributed by atoms with Gasteiger partial charge in [0, 0.05) is 12.1 Å². The van der Waals surface area contributed by atoms with Gasteiger partial charge in [-0.3, -0.25) is 4.79 Å². The predicted octanol–water partition coefficient (Wildman–Crippen LogP) is 0.945. The van der Waals surface area contributed by atoms with Crippen molar-refractivity contribution < 1.29 is 13.9 Å². The van der Waals surface area contributed by atoms with Crippen LogP contribution in [-0.2, 0) is 9.53 Å². The van der Waals surface area contributed by atoms with E-state index in [1.54, 1.807) is 30.1 Å². The van der Waals surface area contributed by atoms with Gasteiger partial charge in [-0.15, -0.1) is 0 Å². The first-order valence-corrected chi connectivity index (χ1v) is 6.00. The van der Waals surface area contributed by atoms with Crippen molar-refractivity contribution in [3.8, 4) is 0 Å². The number of ether oxygens (including phenoxy) is 1. The van der Waals surface area contributed by atoms with E-state index in [1.165, 1.54) is 6.07 Å². The number of benzene rings is 1. The molecule has 4 nitrogen and oxygen atoms in total. The van der Waals surface area contributed by atoms with Crippen LogP contribution in [0.4, 0.5) is 4.39 Å². The topological polar surface area (TPSA) is 41.6 Å². The molecule has 1 aromatic carbocycles. The van der Waals surface area contributed by atoms with Gasteiger partial charge in [0.1, 0.15) is 11.9 Å². The first-order valence-electron chi connectivity index (χ1n) is 6.00. The first kappa shape index (κ1) is 13.0. The minimum Gasteiger partial charge on any atom is -0.370 e. The monoisotopic (exact) mass is 252 g/mol. The lowest BCUT2D eigenvalue weighted by Gasteiger charge is -2.33. The summed E-state index contributed by atoms with van der Waals surface area (Å²) in [6.07, 6.45) is -0.374. The summed E-state index contributed by atoms with van der Waals surface area (Å²) >= 11 is 0. The SMILES string of the molecule is CNCC(=O)N1CCO[C@H](c2ccccc2F)C1. The molecule has 1 aromatic rings. The molecule has 1 fully saturated rings. The predicted molar refractivity (Wildman–Crippen MR) is 65.6 cm³/mol. The molecule has 0 saturated carbocycles. The van der Waals surface area contributed by atoms with Crippen molar-refractivity contribution in [1.82, 2.24) is 10.2 Å². The fourth-order valence-electron chi connectivity index (χ4n) is 2.06. The van der Waals surface area contributed by atoms with Crippen LogP contribution in [0, 0.1) is 5.82 Å². The number of amides is 1. The smallest absolute Gasteiger partial charge is 0.236 e. The molecule has 0 aromatic heterocycles. The molecule has 5 heteroatoms. The van der Waals surface area contributed by atoms with Gasteiger partial charge in [0.25, 0.3) is 0 Å². The summed E-state index contributed by atoms with van der Waals surface area (Å²) in [7, 11) is 1.73. The Balaban J connectivity index is 2.07. The first-order chi connectivity index (χ1) is 8.72. The van der Waals surface area contributed by atoms with E-state index in [1.807, 2.05) is 0 Å². The molecular formula is C13H17FN2O2. The van der Waals surface area contributed by atoms with E-state index in [0.29, 0.717) is 31.8 Å². The molecule has 1 aliphatic heterocycles. The van der Waals surface area contributed by atoms with Gasteiger partial charge in [0.15, 0.2) is 0 Å². The molecule has 2 rings (SSSR count). The van der Waals surface area contributed by atoms with Crippen molar-refractivity contribution in [1.29, 1.82) is 0 Å². The van der Waals surface area contributed by atoms with Crippen molar-refractivity contribution in [2.24, 2.45) is 0 Å². The molecule has 18 heavy (non-hydrogen) atoms. The third-order valence-corrected chi connectivity index (χ3v) is 3.00. The van der Waals surface area contributed by atoms with Gasteiger partial charge in [-0.2, -0.15) is 0 Å². The van der Waals surface area contributed by atoms with Gasteiger partial charge >= 0.3 is 0 Å². The number of likely N-dealkylation sites (N-methyl/N-ethyl adjacent to an activating group) is 1. The van der Waals surface area contributed by atoms with Gasteiger partial charge in [-0.25, -0.2) is 4.39 Å². The number of rotatable bonds is 3. The lowest BCUT2D eigenvalue weighted by atomic mass is 10.1. The van der Waals surface area contributed by atoms with Crippen molar-refractivity contribution in [2.75, 3.05) is 33.3 Å². The van der Waals surface area contributed by atoms with Crippen LogP contribution >= 0.6 is 0 Å². The number of nitrogens with zero attached hydrogens (tertiary/aromatic N) is 1. The van der Waals surface area contributed by atoms with Crippen LogP contribution in [0.3, 0.4) is 0 Å². The van der Waals surface area contributed by atoms with Crippen LogP contribution in [0.2, 0.25) is 0 Å². The maximum absolute atomic E-state index is 13.7. The maximum atomic E-state index is 13.7.